The molecule has 7 heteroatoms. The second-order valence-electron chi connectivity index (χ2n) is 6.27. The van der Waals surface area contributed by atoms with Crippen molar-refractivity contribution in [3.05, 3.63) is 59.7 Å². The molecule has 0 saturated carbocycles. The first-order valence-corrected chi connectivity index (χ1v) is 9.22. The highest BCUT2D eigenvalue weighted by Gasteiger charge is 2.21. The van der Waals surface area contributed by atoms with Gasteiger partial charge in [-0.1, -0.05) is 23.5 Å². The van der Waals surface area contributed by atoms with E-state index < -0.39 is 0 Å². The van der Waals surface area contributed by atoms with Gasteiger partial charge in [0.1, 0.15) is 0 Å². The van der Waals surface area contributed by atoms with Gasteiger partial charge in [0.25, 0.3) is 5.91 Å². The summed E-state index contributed by atoms with van der Waals surface area (Å²) in [6, 6.07) is 16.7. The molecule has 2 aromatic carbocycles. The molecule has 3 aromatic rings. The lowest BCUT2D eigenvalue weighted by Gasteiger charge is -2.21. The Balaban J connectivity index is 0.00000261. The number of hydrogen-bond donors (Lipinski definition) is 0. The fourth-order valence-corrected chi connectivity index (χ4v) is 3.64. The van der Waals surface area contributed by atoms with E-state index in [-0.39, 0.29) is 18.3 Å². The van der Waals surface area contributed by atoms with E-state index in [2.05, 4.69) is 16.0 Å². The molecule has 0 radical (unpaired) electrons. The van der Waals surface area contributed by atoms with Gasteiger partial charge >= 0.3 is 0 Å². The number of carbonyl (C=O) groups is 1. The molecular formula is C20H21ClN4OS. The van der Waals surface area contributed by atoms with Gasteiger partial charge in [-0.05, 0) is 63.5 Å². The second-order valence-corrected chi connectivity index (χ2v) is 7.28. The van der Waals surface area contributed by atoms with Gasteiger partial charge in [0.05, 0.1) is 21.8 Å². The fraction of sp³-hybridized carbons (Fsp3) is 0.250. The predicted molar refractivity (Wildman–Crippen MR) is 113 cm³/mol. The van der Waals surface area contributed by atoms with Crippen molar-refractivity contribution in [2.75, 3.05) is 32.1 Å². The number of rotatable bonds is 6. The SMILES string of the molecule is CN(C)CCCN(C(=O)c1ccc(C#N)cc1)c1nc2ccccc2s1.Cl. The average molecular weight is 401 g/mol. The molecule has 0 aliphatic rings. The Hall–Kier alpha value is -2.46. The number of amides is 1. The number of carbonyl (C=O) groups excluding carboxylic acids is 1. The summed E-state index contributed by atoms with van der Waals surface area (Å²) in [6.45, 7) is 1.49. The summed E-state index contributed by atoms with van der Waals surface area (Å²) >= 11 is 1.52. The van der Waals surface area contributed by atoms with Crippen LogP contribution >= 0.6 is 23.7 Å². The maximum Gasteiger partial charge on any atom is 0.260 e. The van der Waals surface area contributed by atoms with E-state index in [9.17, 15) is 4.79 Å². The minimum atomic E-state index is -0.0905. The first-order chi connectivity index (χ1) is 12.6. The second kappa shape index (κ2) is 9.47. The van der Waals surface area contributed by atoms with Crippen molar-refractivity contribution in [2.45, 2.75) is 6.42 Å². The standard InChI is InChI=1S/C20H20N4OS.ClH/c1-23(2)12-5-13-24(19(25)16-10-8-15(14-21)9-11-16)20-22-17-6-3-4-7-18(17)26-20;/h3-4,6-11H,5,12-13H2,1-2H3;1H. The number of benzene rings is 2. The number of nitriles is 1. The van der Waals surface area contributed by atoms with E-state index in [0.717, 1.165) is 23.2 Å². The zero-order valence-electron chi connectivity index (χ0n) is 15.3. The molecule has 0 aliphatic heterocycles. The number of aromatic nitrogens is 1. The van der Waals surface area contributed by atoms with Crippen LogP contribution in [0.3, 0.4) is 0 Å². The normalized spacial score (nSPS) is 10.4. The van der Waals surface area contributed by atoms with Crippen molar-refractivity contribution in [3.8, 4) is 6.07 Å². The van der Waals surface area contributed by atoms with Gasteiger partial charge in [0.2, 0.25) is 0 Å². The quantitative estimate of drug-likeness (QED) is 0.622. The maximum absolute atomic E-state index is 13.1. The molecule has 0 atom stereocenters. The van der Waals surface area contributed by atoms with Gasteiger partial charge < -0.3 is 4.90 Å². The van der Waals surface area contributed by atoms with Crippen molar-refractivity contribution in [1.82, 2.24) is 9.88 Å². The number of hydrogen-bond acceptors (Lipinski definition) is 5. The Morgan fingerprint density at radius 1 is 1.11 bits per heavy atom. The summed E-state index contributed by atoms with van der Waals surface area (Å²) in [5, 5.41) is 9.65. The third-order valence-electron chi connectivity index (χ3n) is 4.01. The number of para-hydroxylation sites is 1. The molecule has 27 heavy (non-hydrogen) atoms. The molecule has 1 amide bonds. The van der Waals surface area contributed by atoms with E-state index in [0.29, 0.717) is 22.8 Å². The molecule has 1 aromatic heterocycles. The molecule has 0 aliphatic carbocycles. The van der Waals surface area contributed by atoms with Gasteiger partial charge in [0.15, 0.2) is 5.13 Å². The number of nitrogens with zero attached hydrogens (tertiary/aromatic N) is 4. The van der Waals surface area contributed by atoms with Crippen molar-refractivity contribution < 1.29 is 4.79 Å². The topological polar surface area (TPSA) is 60.2 Å². The molecular weight excluding hydrogens is 380 g/mol. The lowest BCUT2D eigenvalue weighted by molar-refractivity contribution is 0.0986. The summed E-state index contributed by atoms with van der Waals surface area (Å²) in [4.78, 5) is 21.6. The van der Waals surface area contributed by atoms with Crippen LogP contribution in [0.4, 0.5) is 5.13 Å². The van der Waals surface area contributed by atoms with Crippen LogP contribution < -0.4 is 4.90 Å². The van der Waals surface area contributed by atoms with E-state index in [1.807, 2.05) is 38.4 Å². The summed E-state index contributed by atoms with van der Waals surface area (Å²) in [7, 11) is 4.04. The molecule has 0 saturated heterocycles. The molecule has 0 bridgehead atoms. The van der Waals surface area contributed by atoms with Crippen LogP contribution in [0.5, 0.6) is 0 Å². The smallest absolute Gasteiger partial charge is 0.260 e. The zero-order chi connectivity index (χ0) is 18.5. The third kappa shape index (κ3) is 5.04. The molecule has 0 unspecified atom stereocenters. The highest BCUT2D eigenvalue weighted by atomic mass is 35.5. The predicted octanol–water partition coefficient (Wildman–Crippen LogP) is 4.19. The van der Waals surface area contributed by atoms with Crippen LogP contribution in [-0.2, 0) is 0 Å². The van der Waals surface area contributed by atoms with Crippen molar-refractivity contribution in [1.29, 1.82) is 5.26 Å². The molecule has 3 rings (SSSR count). The van der Waals surface area contributed by atoms with Crippen molar-refractivity contribution in [3.63, 3.8) is 0 Å². The Kier molecular flexibility index (Phi) is 7.31. The molecule has 140 valence electrons. The lowest BCUT2D eigenvalue weighted by Crippen LogP contribution is -2.33. The fourth-order valence-electron chi connectivity index (χ4n) is 2.65. The first kappa shape index (κ1) is 20.8. The number of fused-ring (bicyclic) bond motifs is 1. The van der Waals surface area contributed by atoms with Crippen LogP contribution in [0.2, 0.25) is 0 Å². The molecule has 0 N–H and O–H groups in total. The minimum Gasteiger partial charge on any atom is -0.309 e. The van der Waals surface area contributed by atoms with E-state index >= 15 is 0 Å². The Morgan fingerprint density at radius 3 is 2.44 bits per heavy atom. The summed E-state index contributed by atoms with van der Waals surface area (Å²) in [6.07, 6.45) is 0.852. The van der Waals surface area contributed by atoms with Gasteiger partial charge in [-0.2, -0.15) is 5.26 Å². The van der Waals surface area contributed by atoms with Gasteiger partial charge in [0, 0.05) is 12.1 Å². The number of halogens is 1. The monoisotopic (exact) mass is 400 g/mol. The molecule has 0 fully saturated rings. The van der Waals surface area contributed by atoms with Crippen molar-refractivity contribution in [2.24, 2.45) is 0 Å². The van der Waals surface area contributed by atoms with Gasteiger partial charge in [-0.25, -0.2) is 4.98 Å². The lowest BCUT2D eigenvalue weighted by atomic mass is 10.1. The molecule has 5 nitrogen and oxygen atoms in total. The van der Waals surface area contributed by atoms with E-state index in [1.165, 1.54) is 11.3 Å². The highest BCUT2D eigenvalue weighted by molar-refractivity contribution is 7.22. The maximum atomic E-state index is 13.1. The van der Waals surface area contributed by atoms with Gasteiger partial charge in [-0.3, -0.25) is 9.69 Å². The first-order valence-electron chi connectivity index (χ1n) is 8.41. The summed E-state index contributed by atoms with van der Waals surface area (Å²) in [5.74, 6) is -0.0905. The van der Waals surface area contributed by atoms with Gasteiger partial charge in [-0.15, -0.1) is 12.4 Å². The Labute approximate surface area is 169 Å². The molecule has 1 heterocycles. The third-order valence-corrected chi connectivity index (χ3v) is 5.07. The van der Waals surface area contributed by atoms with Crippen molar-refractivity contribution >= 4 is 45.0 Å². The average Bonchev–Trinajstić information content (AvgIpc) is 3.08. The minimum absolute atomic E-state index is 0. The Morgan fingerprint density at radius 2 is 1.81 bits per heavy atom. The molecule has 0 spiro atoms. The summed E-state index contributed by atoms with van der Waals surface area (Å²) in [5.41, 5.74) is 2.01. The number of thiazole rings is 1. The van der Waals surface area contributed by atoms with Crippen LogP contribution in [-0.4, -0.2) is 43.0 Å². The van der Waals surface area contributed by atoms with Crippen LogP contribution in [0, 0.1) is 11.3 Å². The zero-order valence-corrected chi connectivity index (χ0v) is 16.9. The van der Waals surface area contributed by atoms with E-state index in [4.69, 9.17) is 5.26 Å². The number of anilines is 1. The Bertz CT molecular complexity index is 914. The van der Waals surface area contributed by atoms with Crippen LogP contribution in [0.15, 0.2) is 48.5 Å². The largest absolute Gasteiger partial charge is 0.309 e. The van der Waals surface area contributed by atoms with E-state index in [1.54, 1.807) is 29.2 Å². The van der Waals surface area contributed by atoms with Crippen LogP contribution in [0.25, 0.3) is 10.2 Å². The highest BCUT2D eigenvalue weighted by Crippen LogP contribution is 2.29. The van der Waals surface area contributed by atoms with Crippen LogP contribution in [0.1, 0.15) is 22.3 Å². The summed E-state index contributed by atoms with van der Waals surface area (Å²) < 4.78 is 1.06.